The molecule has 1 N–H and O–H groups in total. The quantitative estimate of drug-likeness (QED) is 0.870. The van der Waals surface area contributed by atoms with E-state index < -0.39 is 0 Å². The number of amides is 1. The molecule has 1 aliphatic carbocycles. The summed E-state index contributed by atoms with van der Waals surface area (Å²) in [5, 5.41) is 3.24. The molecule has 0 unspecified atom stereocenters. The molecule has 1 heterocycles. The van der Waals surface area contributed by atoms with Crippen molar-refractivity contribution in [3.05, 3.63) is 41.3 Å². The molecule has 1 aliphatic rings. The summed E-state index contributed by atoms with van der Waals surface area (Å²) >= 11 is 6.17. The zero-order chi connectivity index (χ0) is 13.2. The largest absolute Gasteiger partial charge is 0.313 e. The van der Waals surface area contributed by atoms with E-state index in [2.05, 4.69) is 15.3 Å². The Morgan fingerprint density at radius 2 is 2.05 bits per heavy atom. The Morgan fingerprint density at radius 3 is 2.74 bits per heavy atom. The number of benzene rings is 1. The van der Waals surface area contributed by atoms with E-state index in [1.165, 1.54) is 0 Å². The molecule has 4 nitrogen and oxygen atoms in total. The van der Waals surface area contributed by atoms with E-state index in [-0.39, 0.29) is 0 Å². The van der Waals surface area contributed by atoms with Crippen molar-refractivity contribution in [2.24, 2.45) is 0 Å². The standard InChI is InChI=1S/C14H12ClN3O/c15-12-4-2-1-3-10(12)11-7-16-13(9-5-6-9)18-14(11)17-8-19/h1-4,7-9H,5-6H2,(H,16,17,18,19). The van der Waals surface area contributed by atoms with Crippen molar-refractivity contribution in [2.45, 2.75) is 18.8 Å². The van der Waals surface area contributed by atoms with Gasteiger partial charge in [-0.2, -0.15) is 0 Å². The molecule has 1 fully saturated rings. The van der Waals surface area contributed by atoms with Gasteiger partial charge in [-0.25, -0.2) is 9.97 Å². The van der Waals surface area contributed by atoms with Crippen LogP contribution in [0.25, 0.3) is 11.1 Å². The number of hydrogen-bond donors (Lipinski definition) is 1. The molecule has 1 aromatic carbocycles. The second-order valence-corrected chi connectivity index (χ2v) is 4.91. The molecule has 1 saturated carbocycles. The third kappa shape index (κ3) is 2.44. The predicted molar refractivity (Wildman–Crippen MR) is 74.1 cm³/mol. The van der Waals surface area contributed by atoms with Crippen molar-refractivity contribution in [3.8, 4) is 11.1 Å². The lowest BCUT2D eigenvalue weighted by atomic mass is 10.1. The normalized spacial score (nSPS) is 14.2. The van der Waals surface area contributed by atoms with Gasteiger partial charge in [-0.15, -0.1) is 0 Å². The summed E-state index contributed by atoms with van der Waals surface area (Å²) in [6.07, 6.45) is 4.59. The maximum atomic E-state index is 10.7. The molecule has 0 radical (unpaired) electrons. The summed E-state index contributed by atoms with van der Waals surface area (Å²) in [7, 11) is 0. The van der Waals surface area contributed by atoms with Gasteiger partial charge in [-0.3, -0.25) is 4.79 Å². The molecule has 5 heteroatoms. The van der Waals surface area contributed by atoms with Crippen LogP contribution in [0.15, 0.2) is 30.5 Å². The monoisotopic (exact) mass is 273 g/mol. The van der Waals surface area contributed by atoms with Gasteiger partial charge in [0, 0.05) is 28.3 Å². The van der Waals surface area contributed by atoms with Gasteiger partial charge in [0.15, 0.2) is 0 Å². The third-order valence-electron chi connectivity index (χ3n) is 3.11. The van der Waals surface area contributed by atoms with E-state index in [1.54, 1.807) is 12.3 Å². The van der Waals surface area contributed by atoms with Gasteiger partial charge < -0.3 is 5.32 Å². The first kappa shape index (κ1) is 12.1. The van der Waals surface area contributed by atoms with Crippen LogP contribution in [0.1, 0.15) is 24.6 Å². The summed E-state index contributed by atoms with van der Waals surface area (Å²) in [5.74, 6) is 1.74. The highest BCUT2D eigenvalue weighted by atomic mass is 35.5. The number of nitrogens with one attached hydrogen (secondary N) is 1. The lowest BCUT2D eigenvalue weighted by Gasteiger charge is -2.10. The molecule has 3 rings (SSSR count). The lowest BCUT2D eigenvalue weighted by Crippen LogP contribution is -2.03. The van der Waals surface area contributed by atoms with Crippen molar-refractivity contribution in [1.82, 2.24) is 9.97 Å². The molecule has 19 heavy (non-hydrogen) atoms. The van der Waals surface area contributed by atoms with Crippen LogP contribution in [0.4, 0.5) is 5.82 Å². The summed E-state index contributed by atoms with van der Waals surface area (Å²) < 4.78 is 0. The first-order valence-corrected chi connectivity index (χ1v) is 6.49. The smallest absolute Gasteiger partial charge is 0.212 e. The van der Waals surface area contributed by atoms with Crippen molar-refractivity contribution in [2.75, 3.05) is 5.32 Å². The van der Waals surface area contributed by atoms with E-state index in [9.17, 15) is 4.79 Å². The molecular formula is C14H12ClN3O. The fraction of sp³-hybridized carbons (Fsp3) is 0.214. The molecule has 0 bridgehead atoms. The van der Waals surface area contributed by atoms with Crippen molar-refractivity contribution >= 4 is 23.8 Å². The Hall–Kier alpha value is -1.94. The Labute approximate surface area is 115 Å². The van der Waals surface area contributed by atoms with Crippen molar-refractivity contribution < 1.29 is 4.79 Å². The second-order valence-electron chi connectivity index (χ2n) is 4.51. The molecule has 96 valence electrons. The fourth-order valence-electron chi connectivity index (χ4n) is 1.98. The first-order chi connectivity index (χ1) is 9.29. The van der Waals surface area contributed by atoms with Crippen LogP contribution < -0.4 is 5.32 Å². The summed E-state index contributed by atoms with van der Waals surface area (Å²) in [4.78, 5) is 19.5. The number of carbonyl (C=O) groups is 1. The average Bonchev–Trinajstić information content (AvgIpc) is 3.24. The number of rotatable bonds is 4. The highest BCUT2D eigenvalue weighted by Gasteiger charge is 2.27. The van der Waals surface area contributed by atoms with Crippen LogP contribution in [0.5, 0.6) is 0 Å². The van der Waals surface area contributed by atoms with Gasteiger partial charge in [0.2, 0.25) is 6.41 Å². The van der Waals surface area contributed by atoms with Gasteiger partial charge in [0.1, 0.15) is 11.6 Å². The van der Waals surface area contributed by atoms with Crippen molar-refractivity contribution in [3.63, 3.8) is 0 Å². The van der Waals surface area contributed by atoms with Crippen LogP contribution in [-0.4, -0.2) is 16.4 Å². The molecule has 1 aromatic heterocycles. The van der Waals surface area contributed by atoms with Gasteiger partial charge >= 0.3 is 0 Å². The number of carbonyl (C=O) groups excluding carboxylic acids is 1. The van der Waals surface area contributed by atoms with Gasteiger partial charge in [0.25, 0.3) is 0 Å². The van der Waals surface area contributed by atoms with Crippen molar-refractivity contribution in [1.29, 1.82) is 0 Å². The molecule has 0 spiro atoms. The highest BCUT2D eigenvalue weighted by Crippen LogP contribution is 2.40. The van der Waals surface area contributed by atoms with E-state index in [0.29, 0.717) is 23.2 Å². The summed E-state index contributed by atoms with van der Waals surface area (Å²) in [5.41, 5.74) is 1.55. The first-order valence-electron chi connectivity index (χ1n) is 6.11. The molecular weight excluding hydrogens is 262 g/mol. The van der Waals surface area contributed by atoms with E-state index in [4.69, 9.17) is 11.6 Å². The maximum absolute atomic E-state index is 10.7. The SMILES string of the molecule is O=CNc1nc(C2CC2)ncc1-c1ccccc1Cl. The minimum Gasteiger partial charge on any atom is -0.313 e. The maximum Gasteiger partial charge on any atom is 0.212 e. The zero-order valence-corrected chi connectivity index (χ0v) is 10.9. The predicted octanol–water partition coefficient (Wildman–Crippen LogP) is 3.24. The number of halogens is 1. The van der Waals surface area contributed by atoms with E-state index in [0.717, 1.165) is 29.8 Å². The Balaban J connectivity index is 2.09. The second kappa shape index (κ2) is 4.97. The number of anilines is 1. The topological polar surface area (TPSA) is 54.9 Å². The number of nitrogens with zero attached hydrogens (tertiary/aromatic N) is 2. The van der Waals surface area contributed by atoms with Gasteiger partial charge in [0.05, 0.1) is 0 Å². The Morgan fingerprint density at radius 1 is 1.26 bits per heavy atom. The molecule has 0 aliphatic heterocycles. The number of hydrogen-bond acceptors (Lipinski definition) is 3. The average molecular weight is 274 g/mol. The minimum atomic E-state index is 0.437. The van der Waals surface area contributed by atoms with Gasteiger partial charge in [-0.1, -0.05) is 29.8 Å². The van der Waals surface area contributed by atoms with Gasteiger partial charge in [-0.05, 0) is 18.9 Å². The zero-order valence-electron chi connectivity index (χ0n) is 10.1. The van der Waals surface area contributed by atoms with Crippen LogP contribution in [-0.2, 0) is 4.79 Å². The Kier molecular flexibility index (Phi) is 3.17. The molecule has 0 atom stereocenters. The van der Waals surface area contributed by atoms with Crippen LogP contribution in [0.2, 0.25) is 5.02 Å². The lowest BCUT2D eigenvalue weighted by molar-refractivity contribution is -0.105. The Bertz CT molecular complexity index is 626. The molecule has 1 amide bonds. The number of aromatic nitrogens is 2. The highest BCUT2D eigenvalue weighted by molar-refractivity contribution is 6.33. The van der Waals surface area contributed by atoms with Crippen LogP contribution in [0.3, 0.4) is 0 Å². The summed E-state index contributed by atoms with van der Waals surface area (Å²) in [6, 6.07) is 7.43. The fourth-order valence-corrected chi connectivity index (χ4v) is 2.21. The minimum absolute atomic E-state index is 0.437. The van der Waals surface area contributed by atoms with E-state index in [1.807, 2.05) is 18.2 Å². The van der Waals surface area contributed by atoms with Crippen LogP contribution >= 0.6 is 11.6 Å². The van der Waals surface area contributed by atoms with E-state index >= 15 is 0 Å². The summed E-state index contributed by atoms with van der Waals surface area (Å²) in [6.45, 7) is 0. The van der Waals surface area contributed by atoms with Crippen LogP contribution in [0, 0.1) is 0 Å². The molecule has 2 aromatic rings. The molecule has 0 saturated heterocycles. The third-order valence-corrected chi connectivity index (χ3v) is 3.44.